The van der Waals surface area contributed by atoms with Crippen LogP contribution in [0.15, 0.2) is 17.0 Å². The van der Waals surface area contributed by atoms with Gasteiger partial charge < -0.3 is 5.32 Å². The van der Waals surface area contributed by atoms with E-state index in [1.807, 2.05) is 26.0 Å². The molecule has 19 heavy (non-hydrogen) atoms. The zero-order chi connectivity index (χ0) is 14.2. The number of hydrogen-bond donors (Lipinski definition) is 1. The Morgan fingerprint density at radius 3 is 2.47 bits per heavy atom. The summed E-state index contributed by atoms with van der Waals surface area (Å²) in [5, 5.41) is 3.52. The zero-order valence-electron chi connectivity index (χ0n) is 12.2. The van der Waals surface area contributed by atoms with E-state index < -0.39 is 9.84 Å². The van der Waals surface area contributed by atoms with Gasteiger partial charge in [0.05, 0.1) is 10.6 Å². The molecule has 0 saturated heterocycles. The predicted molar refractivity (Wildman–Crippen MR) is 78.2 cm³/mol. The minimum absolute atomic E-state index is 0.146. The Morgan fingerprint density at radius 2 is 1.84 bits per heavy atom. The van der Waals surface area contributed by atoms with Crippen LogP contribution in [0.1, 0.15) is 49.4 Å². The average molecular weight is 281 g/mol. The highest BCUT2D eigenvalue weighted by Gasteiger charge is 2.30. The van der Waals surface area contributed by atoms with Crippen LogP contribution in [0.25, 0.3) is 0 Å². The summed E-state index contributed by atoms with van der Waals surface area (Å²) in [6.07, 6.45) is 1.61. The smallest absolute Gasteiger partial charge is 0.178 e. The topological polar surface area (TPSA) is 46.2 Å². The molecule has 0 amide bonds. The first kappa shape index (κ1) is 14.5. The lowest BCUT2D eigenvalue weighted by Gasteiger charge is -2.24. The minimum atomic E-state index is -3.14. The zero-order valence-corrected chi connectivity index (χ0v) is 13.0. The second-order valence-electron chi connectivity index (χ2n) is 5.78. The molecule has 1 heterocycles. The molecule has 106 valence electrons. The molecule has 0 saturated carbocycles. The van der Waals surface area contributed by atoms with Crippen LogP contribution in [0.4, 0.5) is 0 Å². The fourth-order valence-corrected chi connectivity index (χ4v) is 4.89. The van der Waals surface area contributed by atoms with E-state index in [2.05, 4.69) is 19.2 Å². The molecule has 1 unspecified atom stereocenters. The molecule has 0 fully saturated rings. The highest BCUT2D eigenvalue weighted by atomic mass is 32.2. The van der Waals surface area contributed by atoms with E-state index in [9.17, 15) is 8.42 Å². The van der Waals surface area contributed by atoms with Crippen LogP contribution in [-0.2, 0) is 9.84 Å². The van der Waals surface area contributed by atoms with E-state index in [0.29, 0.717) is 10.9 Å². The van der Waals surface area contributed by atoms with Gasteiger partial charge in [0.15, 0.2) is 9.84 Å². The molecule has 1 N–H and O–H groups in total. The van der Waals surface area contributed by atoms with Gasteiger partial charge in [-0.25, -0.2) is 8.42 Å². The van der Waals surface area contributed by atoms with Gasteiger partial charge in [-0.15, -0.1) is 0 Å². The van der Waals surface area contributed by atoms with E-state index >= 15 is 0 Å². The lowest BCUT2D eigenvalue weighted by atomic mass is 9.95. The number of fused-ring (bicyclic) bond motifs is 1. The Morgan fingerprint density at radius 1 is 1.21 bits per heavy atom. The third kappa shape index (κ3) is 2.84. The summed E-state index contributed by atoms with van der Waals surface area (Å²) < 4.78 is 24.9. The number of aryl methyl sites for hydroxylation is 2. The van der Waals surface area contributed by atoms with Gasteiger partial charge in [-0.1, -0.05) is 26.0 Å². The highest BCUT2D eigenvalue weighted by molar-refractivity contribution is 7.91. The van der Waals surface area contributed by atoms with Crippen LogP contribution in [0.3, 0.4) is 0 Å². The van der Waals surface area contributed by atoms with Crippen molar-refractivity contribution < 1.29 is 8.42 Å². The minimum Gasteiger partial charge on any atom is -0.308 e. The Hall–Kier alpha value is -0.870. The molecule has 0 spiro atoms. The maximum atomic E-state index is 12.5. The SMILES string of the molecule is Cc1ccc(C)c2c1C(NC(C)C)CCCS2(=O)=O. The molecule has 1 aliphatic rings. The lowest BCUT2D eigenvalue weighted by Crippen LogP contribution is -2.29. The highest BCUT2D eigenvalue weighted by Crippen LogP contribution is 2.35. The van der Waals surface area contributed by atoms with Crippen molar-refractivity contribution in [3.63, 3.8) is 0 Å². The van der Waals surface area contributed by atoms with Crippen molar-refractivity contribution in [1.29, 1.82) is 0 Å². The molecule has 0 radical (unpaired) electrons. The lowest BCUT2D eigenvalue weighted by molar-refractivity contribution is 0.446. The molecule has 4 heteroatoms. The van der Waals surface area contributed by atoms with Crippen molar-refractivity contribution in [3.05, 3.63) is 28.8 Å². The number of nitrogens with one attached hydrogen (secondary N) is 1. The van der Waals surface area contributed by atoms with Gasteiger partial charge in [-0.3, -0.25) is 0 Å². The third-order valence-electron chi connectivity index (χ3n) is 3.71. The Kier molecular flexibility index (Phi) is 4.02. The molecule has 1 aromatic rings. The number of benzene rings is 1. The second kappa shape index (κ2) is 5.25. The first-order chi connectivity index (χ1) is 8.83. The van der Waals surface area contributed by atoms with Gasteiger partial charge in [-0.05, 0) is 43.4 Å². The molecule has 1 aromatic carbocycles. The molecule has 1 atom stereocenters. The number of sulfone groups is 1. The fourth-order valence-electron chi connectivity index (χ4n) is 2.95. The summed E-state index contributed by atoms with van der Waals surface area (Å²) >= 11 is 0. The van der Waals surface area contributed by atoms with Crippen LogP contribution < -0.4 is 5.32 Å². The summed E-state index contributed by atoms with van der Waals surface area (Å²) in [6, 6.07) is 4.44. The molecule has 0 aliphatic carbocycles. The molecule has 0 aromatic heterocycles. The van der Waals surface area contributed by atoms with Crippen LogP contribution in [0.2, 0.25) is 0 Å². The van der Waals surface area contributed by atoms with Crippen molar-refractivity contribution in [2.75, 3.05) is 5.75 Å². The molecule has 1 aliphatic heterocycles. The van der Waals surface area contributed by atoms with E-state index in [1.165, 1.54) is 0 Å². The van der Waals surface area contributed by atoms with Crippen LogP contribution in [-0.4, -0.2) is 20.2 Å². The van der Waals surface area contributed by atoms with Crippen LogP contribution >= 0.6 is 0 Å². The Balaban J connectivity index is 2.66. The van der Waals surface area contributed by atoms with Crippen LogP contribution in [0, 0.1) is 13.8 Å². The summed E-state index contributed by atoms with van der Waals surface area (Å²) in [5.74, 6) is 0.264. The van der Waals surface area contributed by atoms with Gasteiger partial charge in [0, 0.05) is 12.1 Å². The largest absolute Gasteiger partial charge is 0.308 e. The van der Waals surface area contributed by atoms with E-state index in [1.54, 1.807) is 0 Å². The summed E-state index contributed by atoms with van der Waals surface area (Å²) in [5.41, 5.74) is 2.94. The second-order valence-corrected chi connectivity index (χ2v) is 7.82. The van der Waals surface area contributed by atoms with E-state index in [4.69, 9.17) is 0 Å². The predicted octanol–water partition coefficient (Wildman–Crippen LogP) is 2.91. The Labute approximate surface area is 116 Å². The molecular formula is C15H23NO2S. The molecule has 2 rings (SSSR count). The summed E-state index contributed by atoms with van der Waals surface area (Å²) in [4.78, 5) is 0.572. The van der Waals surface area contributed by atoms with E-state index in [0.717, 1.165) is 29.5 Å². The van der Waals surface area contributed by atoms with Crippen molar-refractivity contribution in [1.82, 2.24) is 5.32 Å². The quantitative estimate of drug-likeness (QED) is 0.906. The van der Waals surface area contributed by atoms with Crippen molar-refractivity contribution in [3.8, 4) is 0 Å². The standard InChI is InChI=1S/C15H23NO2S/c1-10(2)16-13-6-5-9-19(17,18)15-12(4)8-7-11(3)14(13)15/h7-8,10,13,16H,5-6,9H2,1-4H3. The normalized spacial score (nSPS) is 22.1. The van der Waals surface area contributed by atoms with Gasteiger partial charge in [0.2, 0.25) is 0 Å². The fraction of sp³-hybridized carbons (Fsp3) is 0.600. The maximum absolute atomic E-state index is 12.5. The third-order valence-corrected chi connectivity index (χ3v) is 5.70. The molecular weight excluding hydrogens is 258 g/mol. The van der Waals surface area contributed by atoms with Gasteiger partial charge >= 0.3 is 0 Å². The Bertz CT molecular complexity index is 576. The van der Waals surface area contributed by atoms with Crippen LogP contribution in [0.5, 0.6) is 0 Å². The number of hydrogen-bond acceptors (Lipinski definition) is 3. The van der Waals surface area contributed by atoms with Gasteiger partial charge in [0.1, 0.15) is 0 Å². The summed E-state index contributed by atoms with van der Waals surface area (Å²) in [6.45, 7) is 8.11. The van der Waals surface area contributed by atoms with Crippen molar-refractivity contribution >= 4 is 9.84 Å². The van der Waals surface area contributed by atoms with E-state index in [-0.39, 0.29) is 11.8 Å². The molecule has 3 nitrogen and oxygen atoms in total. The van der Waals surface area contributed by atoms with Gasteiger partial charge in [0.25, 0.3) is 0 Å². The summed E-state index contributed by atoms with van der Waals surface area (Å²) in [7, 11) is -3.14. The molecule has 0 bridgehead atoms. The monoisotopic (exact) mass is 281 g/mol. The van der Waals surface area contributed by atoms with Crippen molar-refractivity contribution in [2.24, 2.45) is 0 Å². The van der Waals surface area contributed by atoms with Crippen molar-refractivity contribution in [2.45, 2.75) is 57.5 Å². The first-order valence-corrected chi connectivity index (χ1v) is 8.57. The maximum Gasteiger partial charge on any atom is 0.178 e. The average Bonchev–Trinajstić information content (AvgIpc) is 2.41. The van der Waals surface area contributed by atoms with Gasteiger partial charge in [-0.2, -0.15) is 0 Å². The first-order valence-electron chi connectivity index (χ1n) is 6.92. The number of rotatable bonds is 2.